The Morgan fingerprint density at radius 1 is 1.23 bits per heavy atom. The number of alkyl halides is 1. The van der Waals surface area contributed by atoms with Gasteiger partial charge in [0, 0.05) is 18.7 Å². The molecule has 0 bridgehead atoms. The maximum Gasteiger partial charge on any atom is 0.133 e. The summed E-state index contributed by atoms with van der Waals surface area (Å²) in [5, 5.41) is 0. The molecular weight excluding hydrogens is 184 g/mol. The standard InChI is InChI=1S/C11H19ClO/c12-8-4-2-1-3-5-10-6-7-11(13)9-10/h10H,1-9H2. The topological polar surface area (TPSA) is 17.1 Å². The quantitative estimate of drug-likeness (QED) is 0.476. The van der Waals surface area contributed by atoms with Gasteiger partial charge in [0.05, 0.1) is 0 Å². The monoisotopic (exact) mass is 202 g/mol. The van der Waals surface area contributed by atoms with Crippen LogP contribution in [0.5, 0.6) is 0 Å². The van der Waals surface area contributed by atoms with Gasteiger partial charge in [0.25, 0.3) is 0 Å². The second-order valence-corrected chi connectivity index (χ2v) is 4.42. The minimum atomic E-state index is 0.478. The highest BCUT2D eigenvalue weighted by atomic mass is 35.5. The Labute approximate surface area is 85.8 Å². The van der Waals surface area contributed by atoms with Crippen molar-refractivity contribution in [2.75, 3.05) is 5.88 Å². The molecule has 1 nitrogen and oxygen atoms in total. The van der Waals surface area contributed by atoms with E-state index < -0.39 is 0 Å². The normalized spacial score (nSPS) is 22.5. The van der Waals surface area contributed by atoms with Crippen LogP contribution in [0.2, 0.25) is 0 Å². The molecule has 0 aromatic rings. The van der Waals surface area contributed by atoms with Crippen LogP contribution in [0.4, 0.5) is 0 Å². The Balaban J connectivity index is 1.91. The van der Waals surface area contributed by atoms with Gasteiger partial charge in [-0.3, -0.25) is 4.79 Å². The highest BCUT2D eigenvalue weighted by molar-refractivity contribution is 6.17. The Morgan fingerprint density at radius 2 is 2.00 bits per heavy atom. The van der Waals surface area contributed by atoms with Gasteiger partial charge in [-0.25, -0.2) is 0 Å². The second-order valence-electron chi connectivity index (χ2n) is 4.04. The van der Waals surface area contributed by atoms with Gasteiger partial charge >= 0.3 is 0 Å². The third-order valence-corrected chi connectivity index (χ3v) is 3.11. The third kappa shape index (κ3) is 4.66. The van der Waals surface area contributed by atoms with Gasteiger partial charge in [0.1, 0.15) is 5.78 Å². The molecule has 1 rings (SSSR count). The molecule has 0 spiro atoms. The first-order valence-corrected chi connectivity index (χ1v) is 5.94. The average molecular weight is 203 g/mol. The van der Waals surface area contributed by atoms with Crippen LogP contribution < -0.4 is 0 Å². The summed E-state index contributed by atoms with van der Waals surface area (Å²) in [5.41, 5.74) is 0. The number of hydrogen-bond donors (Lipinski definition) is 0. The minimum absolute atomic E-state index is 0.478. The first kappa shape index (κ1) is 11.0. The first-order chi connectivity index (χ1) is 6.33. The van der Waals surface area contributed by atoms with Crippen molar-refractivity contribution in [1.82, 2.24) is 0 Å². The van der Waals surface area contributed by atoms with Crippen LogP contribution in [-0.4, -0.2) is 11.7 Å². The number of unbranched alkanes of at least 4 members (excludes halogenated alkanes) is 3. The first-order valence-electron chi connectivity index (χ1n) is 5.40. The van der Waals surface area contributed by atoms with E-state index in [1.54, 1.807) is 0 Å². The van der Waals surface area contributed by atoms with Crippen molar-refractivity contribution in [2.24, 2.45) is 5.92 Å². The number of halogens is 1. The second kappa shape index (κ2) is 6.42. The van der Waals surface area contributed by atoms with Crippen molar-refractivity contribution in [3.63, 3.8) is 0 Å². The van der Waals surface area contributed by atoms with Crippen LogP contribution >= 0.6 is 11.6 Å². The smallest absolute Gasteiger partial charge is 0.133 e. The fourth-order valence-electron chi connectivity index (χ4n) is 2.02. The lowest BCUT2D eigenvalue weighted by Crippen LogP contribution is -1.95. The molecule has 13 heavy (non-hydrogen) atoms. The van der Waals surface area contributed by atoms with E-state index in [1.165, 1.54) is 25.7 Å². The van der Waals surface area contributed by atoms with Gasteiger partial charge in [-0.1, -0.05) is 25.7 Å². The van der Waals surface area contributed by atoms with E-state index >= 15 is 0 Å². The number of carbonyl (C=O) groups excluding carboxylic acids is 1. The fraction of sp³-hybridized carbons (Fsp3) is 0.909. The van der Waals surface area contributed by atoms with E-state index in [2.05, 4.69) is 0 Å². The molecule has 1 saturated carbocycles. The molecule has 0 saturated heterocycles. The third-order valence-electron chi connectivity index (χ3n) is 2.84. The summed E-state index contributed by atoms with van der Waals surface area (Å²) in [6.45, 7) is 0. The SMILES string of the molecule is O=C1CCC(CCCCCCCl)C1. The summed E-state index contributed by atoms with van der Waals surface area (Å²) in [7, 11) is 0. The zero-order chi connectivity index (χ0) is 9.52. The van der Waals surface area contributed by atoms with Crippen molar-refractivity contribution >= 4 is 17.4 Å². The molecule has 1 aliphatic carbocycles. The van der Waals surface area contributed by atoms with Crippen molar-refractivity contribution in [2.45, 2.75) is 51.4 Å². The molecule has 1 unspecified atom stereocenters. The van der Waals surface area contributed by atoms with E-state index in [4.69, 9.17) is 11.6 Å². The van der Waals surface area contributed by atoms with Gasteiger partial charge in [-0.15, -0.1) is 11.6 Å². The molecule has 0 aliphatic heterocycles. The predicted octanol–water partition coefficient (Wildman–Crippen LogP) is 3.54. The maximum absolute atomic E-state index is 11.0. The van der Waals surface area contributed by atoms with Gasteiger partial charge in [0.15, 0.2) is 0 Å². The average Bonchev–Trinajstić information content (AvgIpc) is 2.51. The molecule has 1 fully saturated rings. The minimum Gasteiger partial charge on any atom is -0.300 e. The van der Waals surface area contributed by atoms with Gasteiger partial charge in [-0.2, -0.15) is 0 Å². The number of rotatable bonds is 6. The zero-order valence-corrected chi connectivity index (χ0v) is 8.98. The van der Waals surface area contributed by atoms with Crippen molar-refractivity contribution in [1.29, 1.82) is 0 Å². The van der Waals surface area contributed by atoms with Gasteiger partial charge in [-0.05, 0) is 18.8 Å². The molecule has 0 N–H and O–H groups in total. The lowest BCUT2D eigenvalue weighted by molar-refractivity contribution is -0.117. The molecule has 1 atom stereocenters. The van der Waals surface area contributed by atoms with Crippen molar-refractivity contribution in [3.05, 3.63) is 0 Å². The van der Waals surface area contributed by atoms with E-state index in [9.17, 15) is 4.79 Å². The largest absolute Gasteiger partial charge is 0.300 e. The summed E-state index contributed by atoms with van der Waals surface area (Å²) in [4.78, 5) is 11.0. The molecule has 0 aromatic carbocycles. The van der Waals surface area contributed by atoms with E-state index in [0.717, 1.165) is 31.6 Å². The summed E-state index contributed by atoms with van der Waals surface area (Å²) in [6.07, 6.45) is 9.08. The Hall–Kier alpha value is -0.0400. The van der Waals surface area contributed by atoms with E-state index in [-0.39, 0.29) is 0 Å². The highest BCUT2D eigenvalue weighted by Crippen LogP contribution is 2.26. The van der Waals surface area contributed by atoms with E-state index in [1.807, 2.05) is 0 Å². The molecule has 1 aliphatic rings. The predicted molar refractivity (Wildman–Crippen MR) is 56.2 cm³/mol. The Kier molecular flexibility index (Phi) is 5.45. The summed E-state index contributed by atoms with van der Waals surface area (Å²) >= 11 is 5.58. The van der Waals surface area contributed by atoms with Crippen LogP contribution in [-0.2, 0) is 4.79 Å². The zero-order valence-electron chi connectivity index (χ0n) is 8.23. The van der Waals surface area contributed by atoms with Crippen molar-refractivity contribution < 1.29 is 4.79 Å². The number of carbonyl (C=O) groups is 1. The molecule has 0 heterocycles. The molecule has 2 heteroatoms. The van der Waals surface area contributed by atoms with Crippen LogP contribution in [0.3, 0.4) is 0 Å². The summed E-state index contributed by atoms with van der Waals surface area (Å²) in [6, 6.07) is 0. The van der Waals surface area contributed by atoms with Crippen LogP contribution in [0, 0.1) is 5.92 Å². The maximum atomic E-state index is 11.0. The molecule has 0 aromatic heterocycles. The molecule has 0 radical (unpaired) electrons. The van der Waals surface area contributed by atoms with E-state index in [0.29, 0.717) is 11.7 Å². The molecular formula is C11H19ClO. The molecule has 76 valence electrons. The van der Waals surface area contributed by atoms with Crippen LogP contribution in [0.1, 0.15) is 51.4 Å². The summed E-state index contributed by atoms with van der Waals surface area (Å²) < 4.78 is 0. The fourth-order valence-corrected chi connectivity index (χ4v) is 2.21. The lowest BCUT2D eigenvalue weighted by Gasteiger charge is -2.06. The van der Waals surface area contributed by atoms with Crippen molar-refractivity contribution in [3.8, 4) is 0 Å². The Morgan fingerprint density at radius 3 is 2.62 bits per heavy atom. The van der Waals surface area contributed by atoms with Crippen LogP contribution in [0.25, 0.3) is 0 Å². The van der Waals surface area contributed by atoms with Gasteiger partial charge in [0.2, 0.25) is 0 Å². The number of hydrogen-bond acceptors (Lipinski definition) is 1. The highest BCUT2D eigenvalue weighted by Gasteiger charge is 2.20. The summed E-state index contributed by atoms with van der Waals surface area (Å²) in [5.74, 6) is 1.98. The van der Waals surface area contributed by atoms with Crippen LogP contribution in [0.15, 0.2) is 0 Å². The number of Topliss-reactive ketones (excluding diaryl/α,β-unsaturated/α-hetero) is 1. The van der Waals surface area contributed by atoms with Gasteiger partial charge < -0.3 is 0 Å². The number of ketones is 1. The Bertz CT molecular complexity index is 156. The molecule has 0 amide bonds. The lowest BCUT2D eigenvalue weighted by atomic mass is 9.99.